The van der Waals surface area contributed by atoms with E-state index in [9.17, 15) is 13.6 Å². The second-order valence-corrected chi connectivity index (χ2v) is 8.75. The number of pyridine rings is 1. The first-order chi connectivity index (χ1) is 16.6. The molecule has 0 spiro atoms. The van der Waals surface area contributed by atoms with E-state index in [4.69, 9.17) is 4.74 Å². The van der Waals surface area contributed by atoms with Gasteiger partial charge in [0.25, 0.3) is 5.56 Å². The zero-order valence-electron chi connectivity index (χ0n) is 18.4. The van der Waals surface area contributed by atoms with E-state index >= 15 is 0 Å². The number of fused-ring (bicyclic) bond motifs is 1. The fourth-order valence-corrected chi connectivity index (χ4v) is 5.05. The summed E-state index contributed by atoms with van der Waals surface area (Å²) in [5.41, 5.74) is 2.40. The van der Waals surface area contributed by atoms with Crippen LogP contribution in [0.1, 0.15) is 12.5 Å². The van der Waals surface area contributed by atoms with Gasteiger partial charge in [-0.05, 0) is 42.1 Å². The summed E-state index contributed by atoms with van der Waals surface area (Å²) in [5, 5.41) is 3.14. The summed E-state index contributed by atoms with van der Waals surface area (Å²) in [7, 11) is 0. The molecule has 6 heteroatoms. The fraction of sp³-hybridized carbons (Fsp3) is 0.107. The molecule has 0 radical (unpaired) electrons. The van der Waals surface area contributed by atoms with Gasteiger partial charge in [0.2, 0.25) is 0 Å². The van der Waals surface area contributed by atoms with Crippen molar-refractivity contribution in [1.82, 2.24) is 4.57 Å². The highest BCUT2D eigenvalue weighted by Gasteiger charge is 2.23. The number of nitrogens with zero attached hydrogens (tertiary/aromatic N) is 1. The van der Waals surface area contributed by atoms with Gasteiger partial charge in [-0.3, -0.25) is 4.79 Å². The Balaban J connectivity index is 1.93. The first-order valence-electron chi connectivity index (χ1n) is 10.9. The quantitative estimate of drug-likeness (QED) is 0.263. The van der Waals surface area contributed by atoms with Gasteiger partial charge in [0, 0.05) is 22.6 Å². The van der Waals surface area contributed by atoms with Gasteiger partial charge in [-0.2, -0.15) is 0 Å². The lowest BCUT2D eigenvalue weighted by Gasteiger charge is -2.21. The van der Waals surface area contributed by atoms with Crippen molar-refractivity contribution in [3.63, 3.8) is 0 Å². The Labute approximate surface area is 199 Å². The molecule has 0 unspecified atom stereocenters. The van der Waals surface area contributed by atoms with Crippen molar-refractivity contribution in [3.8, 4) is 27.4 Å². The summed E-state index contributed by atoms with van der Waals surface area (Å²) < 4.78 is 35.8. The van der Waals surface area contributed by atoms with Crippen molar-refractivity contribution in [2.45, 2.75) is 13.5 Å². The number of rotatable bonds is 6. The van der Waals surface area contributed by atoms with Crippen LogP contribution in [0.5, 0.6) is 5.75 Å². The van der Waals surface area contributed by atoms with Crippen molar-refractivity contribution >= 4 is 22.1 Å². The highest BCUT2D eigenvalue weighted by atomic mass is 32.1. The molecule has 3 nitrogen and oxygen atoms in total. The average molecular weight is 474 g/mol. The van der Waals surface area contributed by atoms with Gasteiger partial charge in [-0.15, -0.1) is 11.3 Å². The third-order valence-corrected chi connectivity index (χ3v) is 6.60. The van der Waals surface area contributed by atoms with Gasteiger partial charge in [-0.1, -0.05) is 48.5 Å². The number of halogens is 2. The van der Waals surface area contributed by atoms with Gasteiger partial charge in [0.1, 0.15) is 17.4 Å². The van der Waals surface area contributed by atoms with E-state index in [1.807, 2.05) is 60.8 Å². The Bertz CT molecular complexity index is 1530. The number of benzene rings is 3. The fourth-order valence-electron chi connectivity index (χ4n) is 4.27. The Morgan fingerprint density at radius 1 is 0.941 bits per heavy atom. The van der Waals surface area contributed by atoms with Crippen LogP contribution in [-0.2, 0) is 6.54 Å². The van der Waals surface area contributed by atoms with E-state index in [1.54, 1.807) is 16.7 Å². The number of hydrogen-bond acceptors (Lipinski definition) is 3. The Hall–Kier alpha value is -3.77. The van der Waals surface area contributed by atoms with Crippen LogP contribution in [-0.4, -0.2) is 11.2 Å². The van der Waals surface area contributed by atoms with Gasteiger partial charge in [-0.25, -0.2) is 8.78 Å². The summed E-state index contributed by atoms with van der Waals surface area (Å²) >= 11 is 1.50. The van der Waals surface area contributed by atoms with Crippen LogP contribution >= 0.6 is 11.3 Å². The summed E-state index contributed by atoms with van der Waals surface area (Å²) in [5.74, 6) is -0.723. The summed E-state index contributed by atoms with van der Waals surface area (Å²) in [6.45, 7) is 2.32. The highest BCUT2D eigenvalue weighted by Crippen LogP contribution is 2.42. The molecule has 170 valence electrons. The molecule has 5 rings (SSSR count). The van der Waals surface area contributed by atoms with Gasteiger partial charge < -0.3 is 9.30 Å². The maximum Gasteiger partial charge on any atom is 0.259 e. The van der Waals surface area contributed by atoms with Crippen LogP contribution in [0.15, 0.2) is 89.0 Å². The van der Waals surface area contributed by atoms with Crippen molar-refractivity contribution in [2.75, 3.05) is 6.61 Å². The molecular weight excluding hydrogens is 452 g/mol. The number of thiophene rings is 1. The molecule has 0 N–H and O–H groups in total. The molecule has 3 aromatic carbocycles. The lowest BCUT2D eigenvalue weighted by Crippen LogP contribution is -2.24. The minimum atomic E-state index is -0.687. The van der Waals surface area contributed by atoms with E-state index in [0.717, 1.165) is 27.5 Å². The van der Waals surface area contributed by atoms with Crippen LogP contribution in [0.3, 0.4) is 0 Å². The molecule has 34 heavy (non-hydrogen) atoms. The van der Waals surface area contributed by atoms with Crippen molar-refractivity contribution < 1.29 is 13.5 Å². The molecular formula is C28H21F2NO2S. The number of hydrogen-bond donors (Lipinski definition) is 0. The molecule has 0 bridgehead atoms. The minimum Gasteiger partial charge on any atom is -0.493 e. The molecule has 0 aliphatic carbocycles. The largest absolute Gasteiger partial charge is 0.493 e. The van der Waals surface area contributed by atoms with Crippen LogP contribution in [0.2, 0.25) is 0 Å². The van der Waals surface area contributed by atoms with Crippen LogP contribution in [0.4, 0.5) is 8.78 Å². The van der Waals surface area contributed by atoms with Gasteiger partial charge in [0.05, 0.1) is 29.1 Å². The van der Waals surface area contributed by atoms with E-state index in [1.165, 1.54) is 23.5 Å². The average Bonchev–Trinajstić information content (AvgIpc) is 3.37. The lowest BCUT2D eigenvalue weighted by molar-refractivity contribution is 0.344. The maximum absolute atomic E-state index is 14.7. The molecule has 0 saturated carbocycles. The number of ether oxygens (including phenoxy) is 1. The van der Waals surface area contributed by atoms with Crippen molar-refractivity contribution in [2.24, 2.45) is 0 Å². The Morgan fingerprint density at radius 3 is 2.47 bits per heavy atom. The number of aromatic nitrogens is 1. The topological polar surface area (TPSA) is 31.2 Å². The predicted octanol–water partition coefficient (Wildman–Crippen LogP) is 7.12. The van der Waals surface area contributed by atoms with E-state index in [2.05, 4.69) is 0 Å². The standard InChI is InChI=1S/C28H21F2NO2S/c1-2-33-23-11-6-10-21-26(23)25(18-8-4-3-5-9-18)27(24-12-7-15-34-24)31(28(21)32)17-19-13-14-20(29)16-22(19)30/h3-16H,2,17H2,1H3. The molecule has 2 aromatic heterocycles. The van der Waals surface area contributed by atoms with Gasteiger partial charge >= 0.3 is 0 Å². The maximum atomic E-state index is 14.7. The SMILES string of the molecule is CCOc1cccc2c(=O)n(Cc3ccc(F)cc3F)c(-c3cccs3)c(-c3ccccc3)c12. The molecule has 0 saturated heterocycles. The van der Waals surface area contributed by atoms with E-state index in [-0.39, 0.29) is 17.7 Å². The molecule has 0 aliphatic heterocycles. The molecule has 5 aromatic rings. The smallest absolute Gasteiger partial charge is 0.259 e. The van der Waals surface area contributed by atoms with E-state index < -0.39 is 11.6 Å². The first kappa shape index (κ1) is 22.0. The predicted molar refractivity (Wildman–Crippen MR) is 134 cm³/mol. The van der Waals surface area contributed by atoms with Crippen molar-refractivity contribution in [1.29, 1.82) is 0 Å². The zero-order chi connectivity index (χ0) is 23.7. The summed E-state index contributed by atoms with van der Waals surface area (Å²) in [6.07, 6.45) is 0. The summed E-state index contributed by atoms with van der Waals surface area (Å²) in [6, 6.07) is 22.5. The second-order valence-electron chi connectivity index (χ2n) is 7.81. The third-order valence-electron chi connectivity index (χ3n) is 5.72. The Kier molecular flexibility index (Phi) is 5.99. The van der Waals surface area contributed by atoms with Gasteiger partial charge in [0.15, 0.2) is 0 Å². The first-order valence-corrected chi connectivity index (χ1v) is 11.8. The monoisotopic (exact) mass is 473 g/mol. The molecule has 2 heterocycles. The lowest BCUT2D eigenvalue weighted by atomic mass is 9.95. The van der Waals surface area contributed by atoms with E-state index in [0.29, 0.717) is 23.4 Å². The van der Waals surface area contributed by atoms with Crippen LogP contribution in [0, 0.1) is 11.6 Å². The van der Waals surface area contributed by atoms with Crippen LogP contribution < -0.4 is 10.3 Å². The molecule has 0 atom stereocenters. The zero-order valence-corrected chi connectivity index (χ0v) is 19.2. The third kappa shape index (κ3) is 3.90. The van der Waals surface area contributed by atoms with Crippen LogP contribution in [0.25, 0.3) is 32.5 Å². The molecule has 0 aliphatic rings. The molecule has 0 fully saturated rings. The normalized spacial score (nSPS) is 11.1. The summed E-state index contributed by atoms with van der Waals surface area (Å²) in [4.78, 5) is 14.7. The second kappa shape index (κ2) is 9.23. The van der Waals surface area contributed by atoms with Crippen molar-refractivity contribution in [3.05, 3.63) is 112 Å². The Morgan fingerprint density at radius 2 is 1.76 bits per heavy atom. The highest BCUT2D eigenvalue weighted by molar-refractivity contribution is 7.13. The minimum absolute atomic E-state index is 0.0349. The molecule has 0 amide bonds.